The van der Waals surface area contributed by atoms with Crippen molar-refractivity contribution >= 4 is 34.3 Å². The van der Waals surface area contributed by atoms with E-state index in [4.69, 9.17) is 4.74 Å². The van der Waals surface area contributed by atoms with Crippen molar-refractivity contribution < 1.29 is 9.53 Å². The van der Waals surface area contributed by atoms with E-state index >= 15 is 0 Å². The van der Waals surface area contributed by atoms with Crippen LogP contribution in [0.3, 0.4) is 0 Å². The fraction of sp³-hybridized carbons (Fsp3) is 0. The average molecular weight is 379 g/mol. The van der Waals surface area contributed by atoms with Crippen LogP contribution in [0.2, 0.25) is 0 Å². The number of hydrogen-bond acceptors (Lipinski definition) is 5. The minimum Gasteiger partial charge on any atom is -0.421 e. The number of pyridine rings is 1. The van der Waals surface area contributed by atoms with Crippen molar-refractivity contribution in [2.45, 2.75) is 0 Å². The van der Waals surface area contributed by atoms with Crippen molar-refractivity contribution in [3.05, 3.63) is 103 Å². The van der Waals surface area contributed by atoms with E-state index < -0.39 is 5.97 Å². The van der Waals surface area contributed by atoms with Gasteiger partial charge in [-0.2, -0.15) is 0 Å². The normalized spacial score (nSPS) is 11.3. The number of nitrogens with zero attached hydrogens (tertiary/aromatic N) is 3. The molecule has 140 valence electrons. The third-order valence-corrected chi connectivity index (χ3v) is 4.19. The molecular formula is C24H17N3O2. The first-order valence-electron chi connectivity index (χ1n) is 9.09. The molecule has 0 unspecified atom stereocenters. The van der Waals surface area contributed by atoms with Crippen molar-refractivity contribution in [3.8, 4) is 5.75 Å². The number of rotatable bonds is 5. The molecule has 0 bridgehead atoms. The highest BCUT2D eigenvalue weighted by atomic mass is 16.5. The Labute approximate surface area is 168 Å². The fourth-order valence-corrected chi connectivity index (χ4v) is 2.81. The lowest BCUT2D eigenvalue weighted by atomic mass is 10.1. The Bertz CT molecular complexity index is 1190. The molecule has 0 radical (unpaired) electrons. The monoisotopic (exact) mass is 379 g/mol. The van der Waals surface area contributed by atoms with Gasteiger partial charge in [-0.3, -0.25) is 0 Å². The highest BCUT2D eigenvalue weighted by Gasteiger charge is 2.11. The number of hydrogen-bond donors (Lipinski definition) is 0. The maximum Gasteiger partial charge on any atom is 0.336 e. The number of ether oxygens (including phenoxy) is 1. The SMILES string of the molecule is O=C(/C=C\c1ccccc1)Oc1ccc2ccccc2c1N=Nc1ccccn1. The maximum absolute atomic E-state index is 12.4. The van der Waals surface area contributed by atoms with Crippen molar-refractivity contribution in [2.24, 2.45) is 10.2 Å². The van der Waals surface area contributed by atoms with Gasteiger partial charge in [0.1, 0.15) is 5.69 Å². The molecule has 0 aliphatic carbocycles. The molecule has 0 aliphatic heterocycles. The molecule has 0 N–H and O–H groups in total. The number of carbonyl (C=O) groups excluding carboxylic acids is 1. The largest absolute Gasteiger partial charge is 0.421 e. The van der Waals surface area contributed by atoms with Crippen LogP contribution < -0.4 is 4.74 Å². The molecule has 5 nitrogen and oxygen atoms in total. The predicted molar refractivity (Wildman–Crippen MR) is 113 cm³/mol. The molecule has 1 heterocycles. The molecule has 0 saturated carbocycles. The molecule has 0 fully saturated rings. The van der Waals surface area contributed by atoms with Crippen LogP contribution in [0.1, 0.15) is 5.56 Å². The Morgan fingerprint density at radius 3 is 2.45 bits per heavy atom. The summed E-state index contributed by atoms with van der Waals surface area (Å²) in [6.07, 6.45) is 4.75. The highest BCUT2D eigenvalue weighted by Crippen LogP contribution is 2.37. The zero-order valence-corrected chi connectivity index (χ0v) is 15.5. The Morgan fingerprint density at radius 2 is 1.62 bits per heavy atom. The zero-order chi connectivity index (χ0) is 19.9. The van der Waals surface area contributed by atoms with E-state index in [1.165, 1.54) is 6.08 Å². The van der Waals surface area contributed by atoms with Gasteiger partial charge in [0, 0.05) is 17.7 Å². The molecule has 29 heavy (non-hydrogen) atoms. The van der Waals surface area contributed by atoms with Crippen molar-refractivity contribution in [1.82, 2.24) is 4.98 Å². The molecular weight excluding hydrogens is 362 g/mol. The van der Waals surface area contributed by atoms with Gasteiger partial charge in [-0.15, -0.1) is 10.2 Å². The van der Waals surface area contributed by atoms with Gasteiger partial charge < -0.3 is 4.74 Å². The third kappa shape index (κ3) is 4.59. The second-order valence-corrected chi connectivity index (χ2v) is 6.19. The van der Waals surface area contributed by atoms with Gasteiger partial charge in [-0.25, -0.2) is 9.78 Å². The van der Waals surface area contributed by atoms with Crippen LogP contribution >= 0.6 is 0 Å². The van der Waals surface area contributed by atoms with E-state index in [2.05, 4.69) is 15.2 Å². The molecule has 0 atom stereocenters. The lowest BCUT2D eigenvalue weighted by Crippen LogP contribution is -2.03. The number of carbonyl (C=O) groups is 1. The van der Waals surface area contributed by atoms with Crippen LogP contribution in [0.25, 0.3) is 16.8 Å². The molecule has 0 saturated heterocycles. The second kappa shape index (κ2) is 8.71. The minimum absolute atomic E-state index is 0.339. The summed E-state index contributed by atoms with van der Waals surface area (Å²) in [7, 11) is 0. The number of esters is 1. The van der Waals surface area contributed by atoms with Crippen molar-refractivity contribution in [2.75, 3.05) is 0 Å². The Hall–Kier alpha value is -4.12. The first kappa shape index (κ1) is 18.3. The van der Waals surface area contributed by atoms with Crippen LogP contribution in [0.5, 0.6) is 5.75 Å². The van der Waals surface area contributed by atoms with Gasteiger partial charge in [-0.1, -0.05) is 66.7 Å². The highest BCUT2D eigenvalue weighted by molar-refractivity contribution is 5.97. The topological polar surface area (TPSA) is 63.9 Å². The lowest BCUT2D eigenvalue weighted by Gasteiger charge is -2.08. The summed E-state index contributed by atoms with van der Waals surface area (Å²) in [5.74, 6) is 0.325. The summed E-state index contributed by atoms with van der Waals surface area (Å²) in [6, 6.07) is 26.3. The molecule has 0 amide bonds. The summed E-state index contributed by atoms with van der Waals surface area (Å²) in [6.45, 7) is 0. The summed E-state index contributed by atoms with van der Waals surface area (Å²) in [4.78, 5) is 16.5. The van der Waals surface area contributed by atoms with Crippen LogP contribution in [-0.4, -0.2) is 11.0 Å². The second-order valence-electron chi connectivity index (χ2n) is 6.19. The number of aromatic nitrogens is 1. The van der Waals surface area contributed by atoms with E-state index in [0.29, 0.717) is 17.3 Å². The summed E-state index contributed by atoms with van der Waals surface area (Å²) < 4.78 is 5.56. The number of fused-ring (bicyclic) bond motifs is 1. The molecule has 0 aliphatic rings. The lowest BCUT2D eigenvalue weighted by molar-refractivity contribution is -0.128. The van der Waals surface area contributed by atoms with Gasteiger partial charge in [0.15, 0.2) is 11.6 Å². The first-order chi connectivity index (χ1) is 14.3. The molecule has 4 aromatic rings. The van der Waals surface area contributed by atoms with Gasteiger partial charge >= 0.3 is 5.97 Å². The van der Waals surface area contributed by atoms with Gasteiger partial charge in [-0.05, 0) is 35.2 Å². The van der Waals surface area contributed by atoms with Gasteiger partial charge in [0.25, 0.3) is 0 Å². The fourth-order valence-electron chi connectivity index (χ4n) is 2.81. The van der Waals surface area contributed by atoms with Crippen LogP contribution in [0.15, 0.2) is 107 Å². The van der Waals surface area contributed by atoms with Crippen LogP contribution in [-0.2, 0) is 4.79 Å². The molecule has 1 aromatic heterocycles. The molecule has 0 spiro atoms. The maximum atomic E-state index is 12.4. The zero-order valence-electron chi connectivity index (χ0n) is 15.5. The van der Waals surface area contributed by atoms with E-state index in [0.717, 1.165) is 16.3 Å². The predicted octanol–water partition coefficient (Wildman–Crippen LogP) is 6.27. The average Bonchev–Trinajstić information content (AvgIpc) is 2.78. The summed E-state index contributed by atoms with van der Waals surface area (Å²) in [5, 5.41) is 10.3. The van der Waals surface area contributed by atoms with E-state index in [1.54, 1.807) is 24.4 Å². The van der Waals surface area contributed by atoms with Crippen molar-refractivity contribution in [3.63, 3.8) is 0 Å². The smallest absolute Gasteiger partial charge is 0.336 e. The Balaban J connectivity index is 1.65. The van der Waals surface area contributed by atoms with E-state index in [-0.39, 0.29) is 0 Å². The summed E-state index contributed by atoms with van der Waals surface area (Å²) >= 11 is 0. The molecule has 4 rings (SSSR count). The Morgan fingerprint density at radius 1 is 0.828 bits per heavy atom. The van der Waals surface area contributed by atoms with Gasteiger partial charge in [0.2, 0.25) is 0 Å². The molecule has 3 aromatic carbocycles. The van der Waals surface area contributed by atoms with E-state index in [9.17, 15) is 4.79 Å². The van der Waals surface area contributed by atoms with Crippen LogP contribution in [0, 0.1) is 0 Å². The molecule has 5 heteroatoms. The third-order valence-electron chi connectivity index (χ3n) is 4.19. The van der Waals surface area contributed by atoms with Crippen molar-refractivity contribution in [1.29, 1.82) is 0 Å². The standard InChI is InChI=1S/C24H17N3O2/c28-23(16-13-18-8-2-1-3-9-18)29-21-15-14-19-10-4-5-11-20(19)24(21)27-26-22-12-6-7-17-25-22/h1-17H/b16-13-,27-26?. The first-order valence-corrected chi connectivity index (χ1v) is 9.09. The quantitative estimate of drug-likeness (QED) is 0.178. The summed E-state index contributed by atoms with van der Waals surface area (Å²) in [5.41, 5.74) is 1.40. The number of benzene rings is 3. The van der Waals surface area contributed by atoms with Crippen LogP contribution in [0.4, 0.5) is 11.5 Å². The minimum atomic E-state index is -0.488. The van der Waals surface area contributed by atoms with E-state index in [1.807, 2.05) is 72.8 Å². The number of azo groups is 1. The van der Waals surface area contributed by atoms with Gasteiger partial charge in [0.05, 0.1) is 0 Å². The Kier molecular flexibility index (Phi) is 5.48.